The summed E-state index contributed by atoms with van der Waals surface area (Å²) in [4.78, 5) is 14.2. The Hall–Kier alpha value is -3.48. The fraction of sp³-hybridized carbons (Fsp3) is 0.158. The highest BCUT2D eigenvalue weighted by Gasteiger charge is 2.18. The number of hydrogen-bond acceptors (Lipinski definition) is 5. The predicted octanol–water partition coefficient (Wildman–Crippen LogP) is 2.52. The molecule has 0 aliphatic rings. The van der Waals surface area contributed by atoms with Crippen molar-refractivity contribution in [1.82, 2.24) is 25.5 Å². The SMILES string of the molecule is O=C(Cc1noc2ccccc12)NC(Cn1nccn1)c1ccccc1. The first-order valence-corrected chi connectivity index (χ1v) is 8.31. The number of fused-ring (bicyclic) bond motifs is 1. The first kappa shape index (κ1) is 16.0. The van der Waals surface area contributed by atoms with E-state index in [4.69, 9.17) is 4.52 Å². The topological polar surface area (TPSA) is 85.8 Å². The van der Waals surface area contributed by atoms with Gasteiger partial charge in [-0.15, -0.1) is 0 Å². The van der Waals surface area contributed by atoms with Gasteiger partial charge in [0.25, 0.3) is 0 Å². The molecule has 0 fully saturated rings. The highest BCUT2D eigenvalue weighted by molar-refractivity contribution is 5.86. The molecule has 26 heavy (non-hydrogen) atoms. The molecule has 4 aromatic rings. The number of hydrogen-bond donors (Lipinski definition) is 1. The van der Waals surface area contributed by atoms with E-state index in [0.29, 0.717) is 17.8 Å². The van der Waals surface area contributed by atoms with Crippen LogP contribution < -0.4 is 5.32 Å². The molecule has 2 heterocycles. The molecule has 1 unspecified atom stereocenters. The molecule has 130 valence electrons. The highest BCUT2D eigenvalue weighted by Crippen LogP contribution is 2.19. The van der Waals surface area contributed by atoms with E-state index in [1.165, 1.54) is 0 Å². The van der Waals surface area contributed by atoms with E-state index in [0.717, 1.165) is 10.9 Å². The van der Waals surface area contributed by atoms with Gasteiger partial charge in [0.1, 0.15) is 5.69 Å². The average molecular weight is 347 g/mol. The van der Waals surface area contributed by atoms with Gasteiger partial charge in [0, 0.05) is 5.39 Å². The minimum atomic E-state index is -0.241. The second kappa shape index (κ2) is 7.18. The van der Waals surface area contributed by atoms with Crippen LogP contribution in [0.15, 0.2) is 71.5 Å². The number of amides is 1. The van der Waals surface area contributed by atoms with Crippen molar-refractivity contribution in [3.05, 3.63) is 78.2 Å². The molecule has 0 aliphatic heterocycles. The fourth-order valence-corrected chi connectivity index (χ4v) is 2.88. The molecule has 0 aliphatic carbocycles. The molecule has 0 spiro atoms. The quantitative estimate of drug-likeness (QED) is 0.579. The summed E-state index contributed by atoms with van der Waals surface area (Å²) in [6, 6.07) is 17.0. The van der Waals surface area contributed by atoms with Gasteiger partial charge >= 0.3 is 0 Å². The lowest BCUT2D eigenvalue weighted by atomic mass is 10.1. The second-order valence-electron chi connectivity index (χ2n) is 5.92. The van der Waals surface area contributed by atoms with Crippen LogP contribution in [0.4, 0.5) is 0 Å². The summed E-state index contributed by atoms with van der Waals surface area (Å²) in [7, 11) is 0. The van der Waals surface area contributed by atoms with Gasteiger partial charge < -0.3 is 9.84 Å². The number of nitrogens with zero attached hydrogens (tertiary/aromatic N) is 4. The lowest BCUT2D eigenvalue weighted by Crippen LogP contribution is -2.33. The number of carbonyl (C=O) groups excluding carboxylic acids is 1. The molecule has 2 aromatic carbocycles. The van der Waals surface area contributed by atoms with E-state index in [1.807, 2.05) is 54.6 Å². The lowest BCUT2D eigenvalue weighted by molar-refractivity contribution is -0.121. The van der Waals surface area contributed by atoms with Crippen molar-refractivity contribution in [3.8, 4) is 0 Å². The van der Waals surface area contributed by atoms with Gasteiger partial charge in [-0.05, 0) is 17.7 Å². The minimum Gasteiger partial charge on any atom is -0.356 e. The van der Waals surface area contributed by atoms with Crippen molar-refractivity contribution in [3.63, 3.8) is 0 Å². The lowest BCUT2D eigenvalue weighted by Gasteiger charge is -2.18. The van der Waals surface area contributed by atoms with Crippen LogP contribution >= 0.6 is 0 Å². The third-order valence-electron chi connectivity index (χ3n) is 4.13. The van der Waals surface area contributed by atoms with E-state index < -0.39 is 0 Å². The van der Waals surface area contributed by atoms with E-state index in [-0.39, 0.29) is 18.4 Å². The maximum atomic E-state index is 12.6. The monoisotopic (exact) mass is 347 g/mol. The molecule has 1 N–H and O–H groups in total. The molecule has 0 saturated heterocycles. The standard InChI is InChI=1S/C19H17N5O2/c25-19(12-16-15-8-4-5-9-18(15)26-23-16)22-17(13-24-20-10-11-21-24)14-6-2-1-3-7-14/h1-11,17H,12-13H2,(H,22,25). The van der Waals surface area contributed by atoms with Gasteiger partial charge in [-0.2, -0.15) is 15.0 Å². The van der Waals surface area contributed by atoms with Gasteiger partial charge in [-0.3, -0.25) is 4.79 Å². The van der Waals surface area contributed by atoms with E-state index in [2.05, 4.69) is 20.7 Å². The van der Waals surface area contributed by atoms with Crippen molar-refractivity contribution < 1.29 is 9.32 Å². The molecule has 4 rings (SSSR count). The van der Waals surface area contributed by atoms with Crippen LogP contribution in [0.3, 0.4) is 0 Å². The smallest absolute Gasteiger partial charge is 0.226 e. The van der Waals surface area contributed by atoms with Crippen LogP contribution in [0, 0.1) is 0 Å². The van der Waals surface area contributed by atoms with Crippen molar-refractivity contribution >= 4 is 16.9 Å². The number of para-hydroxylation sites is 1. The largest absolute Gasteiger partial charge is 0.356 e. The van der Waals surface area contributed by atoms with E-state index in [1.54, 1.807) is 17.2 Å². The summed E-state index contributed by atoms with van der Waals surface area (Å²) in [5.41, 5.74) is 2.29. The van der Waals surface area contributed by atoms with Crippen LogP contribution in [-0.2, 0) is 17.8 Å². The van der Waals surface area contributed by atoms with Crippen LogP contribution in [0.1, 0.15) is 17.3 Å². The molecule has 1 amide bonds. The number of benzene rings is 2. The maximum Gasteiger partial charge on any atom is 0.226 e. The Morgan fingerprint density at radius 2 is 1.77 bits per heavy atom. The zero-order valence-electron chi connectivity index (χ0n) is 13.9. The van der Waals surface area contributed by atoms with E-state index in [9.17, 15) is 4.79 Å². The van der Waals surface area contributed by atoms with Crippen molar-refractivity contribution in [1.29, 1.82) is 0 Å². The molecule has 0 radical (unpaired) electrons. The summed E-state index contributed by atoms with van der Waals surface area (Å²) in [6.07, 6.45) is 3.38. The number of nitrogens with one attached hydrogen (secondary N) is 1. The fourth-order valence-electron chi connectivity index (χ4n) is 2.88. The van der Waals surface area contributed by atoms with E-state index >= 15 is 0 Å². The van der Waals surface area contributed by atoms with Crippen LogP contribution in [-0.4, -0.2) is 26.1 Å². The molecule has 7 nitrogen and oxygen atoms in total. The molecular formula is C19H17N5O2. The van der Waals surface area contributed by atoms with Gasteiger partial charge in [-0.25, -0.2) is 0 Å². The van der Waals surface area contributed by atoms with Gasteiger partial charge in [0.05, 0.1) is 31.4 Å². The van der Waals surface area contributed by atoms with Crippen molar-refractivity contribution in [2.45, 2.75) is 19.0 Å². The summed E-state index contributed by atoms with van der Waals surface area (Å²) < 4.78 is 5.27. The minimum absolute atomic E-state index is 0.134. The Balaban J connectivity index is 1.52. The molecule has 0 bridgehead atoms. The summed E-state index contributed by atoms with van der Waals surface area (Å²) >= 11 is 0. The van der Waals surface area contributed by atoms with Crippen LogP contribution in [0.25, 0.3) is 11.0 Å². The Kier molecular flexibility index (Phi) is 4.42. The summed E-state index contributed by atoms with van der Waals surface area (Å²) in [6.45, 7) is 0.447. The average Bonchev–Trinajstić information content (AvgIpc) is 3.32. The van der Waals surface area contributed by atoms with Crippen molar-refractivity contribution in [2.75, 3.05) is 0 Å². The number of aromatic nitrogens is 4. The molecular weight excluding hydrogens is 330 g/mol. The maximum absolute atomic E-state index is 12.6. The zero-order chi connectivity index (χ0) is 17.8. The summed E-state index contributed by atoms with van der Waals surface area (Å²) in [5, 5.41) is 16.2. The van der Waals surface area contributed by atoms with Gasteiger partial charge in [0.15, 0.2) is 5.58 Å². The Morgan fingerprint density at radius 3 is 2.58 bits per heavy atom. The predicted molar refractivity (Wildman–Crippen MR) is 95.1 cm³/mol. The Bertz CT molecular complexity index is 995. The second-order valence-corrected chi connectivity index (χ2v) is 5.92. The molecule has 7 heteroatoms. The first-order chi connectivity index (χ1) is 12.8. The highest BCUT2D eigenvalue weighted by atomic mass is 16.5. The van der Waals surface area contributed by atoms with Crippen LogP contribution in [0.5, 0.6) is 0 Å². The van der Waals surface area contributed by atoms with Crippen molar-refractivity contribution in [2.24, 2.45) is 0 Å². The zero-order valence-corrected chi connectivity index (χ0v) is 13.9. The molecule has 0 saturated carbocycles. The van der Waals surface area contributed by atoms with Gasteiger partial charge in [-0.1, -0.05) is 47.6 Å². The first-order valence-electron chi connectivity index (χ1n) is 8.31. The van der Waals surface area contributed by atoms with Gasteiger partial charge in [0.2, 0.25) is 5.91 Å². The third kappa shape index (κ3) is 3.46. The Labute approximate surface area is 149 Å². The molecule has 2 aromatic heterocycles. The number of rotatable bonds is 6. The van der Waals surface area contributed by atoms with Crippen LogP contribution in [0.2, 0.25) is 0 Å². The summed E-state index contributed by atoms with van der Waals surface area (Å²) in [5.74, 6) is -0.134. The molecule has 1 atom stereocenters. The normalized spacial score (nSPS) is 12.2. The number of carbonyl (C=O) groups is 1. The third-order valence-corrected chi connectivity index (χ3v) is 4.13. The Morgan fingerprint density at radius 1 is 1.04 bits per heavy atom.